The van der Waals surface area contributed by atoms with Crippen LogP contribution in [0.5, 0.6) is 11.5 Å². The maximum absolute atomic E-state index is 13.1. The highest BCUT2D eigenvalue weighted by Gasteiger charge is 2.37. The van der Waals surface area contributed by atoms with Gasteiger partial charge in [-0.15, -0.1) is 0 Å². The van der Waals surface area contributed by atoms with Crippen molar-refractivity contribution in [2.45, 2.75) is 6.54 Å². The van der Waals surface area contributed by atoms with Gasteiger partial charge in [-0.2, -0.15) is 0 Å². The van der Waals surface area contributed by atoms with Gasteiger partial charge in [-0.3, -0.25) is 19.3 Å². The van der Waals surface area contributed by atoms with Gasteiger partial charge in [-0.05, 0) is 36.0 Å². The van der Waals surface area contributed by atoms with Crippen LogP contribution in [0.1, 0.15) is 5.56 Å². The van der Waals surface area contributed by atoms with Crippen LogP contribution < -0.4 is 9.47 Å². The third-order valence-corrected chi connectivity index (χ3v) is 7.20. The topological polar surface area (TPSA) is 90.3 Å². The summed E-state index contributed by atoms with van der Waals surface area (Å²) in [6.45, 7) is 2.57. The summed E-state index contributed by atoms with van der Waals surface area (Å²) in [5.41, 5.74) is 1.80. The minimum Gasteiger partial charge on any atom is -0.493 e. The van der Waals surface area contributed by atoms with Gasteiger partial charge in [0.1, 0.15) is 13.2 Å². The van der Waals surface area contributed by atoms with Crippen LogP contribution in [0.3, 0.4) is 0 Å². The number of carbonyl (C=O) groups is 3. The Morgan fingerprint density at radius 2 is 1.78 bits per heavy atom. The SMILES string of the molecule is COc1ccccc1OCCn1cc(/C=C2\SC(=O)N(CC(=O)N3CCOCC3)C2=O)c2ccccc21. The summed E-state index contributed by atoms with van der Waals surface area (Å²) in [5, 5.41) is 0.516. The van der Waals surface area contributed by atoms with Crippen molar-refractivity contribution in [2.24, 2.45) is 0 Å². The summed E-state index contributed by atoms with van der Waals surface area (Å²) in [4.78, 5) is 41.2. The predicted octanol–water partition coefficient (Wildman–Crippen LogP) is 3.62. The molecule has 0 N–H and O–H groups in total. The second kappa shape index (κ2) is 11.1. The number of morpholine rings is 1. The summed E-state index contributed by atoms with van der Waals surface area (Å²) >= 11 is 0.858. The smallest absolute Gasteiger partial charge is 0.294 e. The molecule has 3 aromatic rings. The van der Waals surface area contributed by atoms with E-state index >= 15 is 0 Å². The number of aromatic nitrogens is 1. The van der Waals surface area contributed by atoms with Crippen molar-refractivity contribution in [2.75, 3.05) is 46.6 Å². The normalized spacial score (nSPS) is 17.2. The molecule has 10 heteroatoms. The molecule has 5 rings (SSSR count). The number of ether oxygens (including phenoxy) is 3. The van der Waals surface area contributed by atoms with Gasteiger partial charge < -0.3 is 23.7 Å². The number of hydrogen-bond acceptors (Lipinski definition) is 7. The Balaban J connectivity index is 1.32. The van der Waals surface area contributed by atoms with Gasteiger partial charge >= 0.3 is 0 Å². The van der Waals surface area contributed by atoms with Crippen molar-refractivity contribution in [3.05, 3.63) is 65.2 Å². The quantitative estimate of drug-likeness (QED) is 0.418. The van der Waals surface area contributed by atoms with E-state index in [2.05, 4.69) is 4.57 Å². The number of benzene rings is 2. The van der Waals surface area contributed by atoms with E-state index in [4.69, 9.17) is 14.2 Å². The second-order valence-corrected chi connectivity index (χ2v) is 9.55. The van der Waals surface area contributed by atoms with E-state index < -0.39 is 11.1 Å². The summed E-state index contributed by atoms with van der Waals surface area (Å²) in [7, 11) is 1.61. The number of nitrogens with zero attached hydrogens (tertiary/aromatic N) is 3. The third kappa shape index (κ3) is 5.35. The molecule has 2 aliphatic heterocycles. The molecule has 3 amide bonds. The molecule has 0 saturated carbocycles. The lowest BCUT2D eigenvalue weighted by Gasteiger charge is -2.28. The Morgan fingerprint density at radius 1 is 1.05 bits per heavy atom. The number of fused-ring (bicyclic) bond motifs is 1. The Hall–Kier alpha value is -3.76. The highest BCUT2D eigenvalue weighted by atomic mass is 32.2. The predicted molar refractivity (Wildman–Crippen MR) is 141 cm³/mol. The lowest BCUT2D eigenvalue weighted by Crippen LogP contribution is -2.46. The van der Waals surface area contributed by atoms with E-state index in [0.717, 1.165) is 33.1 Å². The minimum absolute atomic E-state index is 0.251. The van der Waals surface area contributed by atoms with Crippen LogP contribution in [-0.4, -0.2) is 78.0 Å². The molecule has 0 unspecified atom stereocenters. The van der Waals surface area contributed by atoms with Gasteiger partial charge in [0.2, 0.25) is 5.91 Å². The van der Waals surface area contributed by atoms with Crippen molar-refractivity contribution in [3.63, 3.8) is 0 Å². The number of para-hydroxylation sites is 3. The molecule has 2 aromatic carbocycles. The molecule has 3 heterocycles. The van der Waals surface area contributed by atoms with Crippen molar-refractivity contribution in [1.82, 2.24) is 14.4 Å². The van der Waals surface area contributed by atoms with Crippen molar-refractivity contribution in [3.8, 4) is 11.5 Å². The first kappa shape index (κ1) is 24.9. The molecule has 0 bridgehead atoms. The van der Waals surface area contributed by atoms with Crippen LogP contribution in [-0.2, 0) is 20.9 Å². The fourth-order valence-electron chi connectivity index (χ4n) is 4.39. The number of amides is 3. The fraction of sp³-hybridized carbons (Fsp3) is 0.296. The Labute approximate surface area is 218 Å². The zero-order chi connectivity index (χ0) is 25.8. The van der Waals surface area contributed by atoms with Crippen LogP contribution in [0, 0.1) is 0 Å². The molecule has 0 spiro atoms. The average molecular weight is 522 g/mol. The summed E-state index contributed by atoms with van der Waals surface area (Å²) in [6, 6.07) is 15.3. The lowest BCUT2D eigenvalue weighted by molar-refractivity contribution is -0.139. The molecule has 2 fully saturated rings. The van der Waals surface area contributed by atoms with E-state index in [1.807, 2.05) is 54.7 Å². The molecule has 0 aliphatic carbocycles. The van der Waals surface area contributed by atoms with Gasteiger partial charge in [0, 0.05) is 35.8 Å². The van der Waals surface area contributed by atoms with E-state index in [9.17, 15) is 14.4 Å². The van der Waals surface area contributed by atoms with Gasteiger partial charge in [-0.1, -0.05) is 30.3 Å². The maximum Gasteiger partial charge on any atom is 0.294 e. The average Bonchev–Trinajstić information content (AvgIpc) is 3.41. The second-order valence-electron chi connectivity index (χ2n) is 8.56. The Kier molecular flexibility index (Phi) is 7.47. The van der Waals surface area contributed by atoms with Crippen LogP contribution >= 0.6 is 11.8 Å². The summed E-state index contributed by atoms with van der Waals surface area (Å²) in [5.74, 6) is 0.636. The first-order chi connectivity index (χ1) is 18.0. The first-order valence-electron chi connectivity index (χ1n) is 12.0. The number of rotatable bonds is 8. The van der Waals surface area contributed by atoms with E-state index in [0.29, 0.717) is 55.9 Å². The molecular weight excluding hydrogens is 494 g/mol. The highest BCUT2D eigenvalue weighted by Crippen LogP contribution is 2.34. The van der Waals surface area contributed by atoms with Crippen LogP contribution in [0.25, 0.3) is 17.0 Å². The molecule has 9 nitrogen and oxygen atoms in total. The number of hydrogen-bond donors (Lipinski definition) is 0. The molecule has 1 aromatic heterocycles. The molecule has 0 atom stereocenters. The maximum atomic E-state index is 13.1. The monoisotopic (exact) mass is 521 g/mol. The van der Waals surface area contributed by atoms with Crippen LogP contribution in [0.4, 0.5) is 4.79 Å². The van der Waals surface area contributed by atoms with Crippen molar-refractivity contribution < 1.29 is 28.6 Å². The molecule has 37 heavy (non-hydrogen) atoms. The zero-order valence-electron chi connectivity index (χ0n) is 20.4. The number of thioether (sulfide) groups is 1. The van der Waals surface area contributed by atoms with E-state index in [1.165, 1.54) is 0 Å². The van der Waals surface area contributed by atoms with E-state index in [-0.39, 0.29) is 12.5 Å². The number of methoxy groups -OCH3 is 1. The van der Waals surface area contributed by atoms with Gasteiger partial charge in [0.15, 0.2) is 11.5 Å². The molecular formula is C27H27N3O6S. The first-order valence-corrected chi connectivity index (χ1v) is 12.8. The zero-order valence-corrected chi connectivity index (χ0v) is 21.2. The summed E-state index contributed by atoms with van der Waals surface area (Å²) < 4.78 is 18.6. The highest BCUT2D eigenvalue weighted by molar-refractivity contribution is 8.18. The molecule has 192 valence electrons. The van der Waals surface area contributed by atoms with Crippen LogP contribution in [0.2, 0.25) is 0 Å². The largest absolute Gasteiger partial charge is 0.493 e. The van der Waals surface area contributed by atoms with E-state index in [1.54, 1.807) is 18.1 Å². The van der Waals surface area contributed by atoms with Crippen LogP contribution in [0.15, 0.2) is 59.6 Å². The molecule has 2 saturated heterocycles. The van der Waals surface area contributed by atoms with Crippen molar-refractivity contribution >= 4 is 45.8 Å². The standard InChI is InChI=1S/C27H27N3O6S/c1-34-22-8-4-5-9-23(22)36-15-12-29-17-19(20-6-2-3-7-21(20)29)16-24-26(32)30(27(33)37-24)18-25(31)28-10-13-35-14-11-28/h2-9,16-17H,10-15,18H2,1H3/b24-16-. The molecule has 0 radical (unpaired) electrons. The minimum atomic E-state index is -0.451. The molecule has 2 aliphatic rings. The lowest BCUT2D eigenvalue weighted by atomic mass is 10.1. The fourth-order valence-corrected chi connectivity index (χ4v) is 5.22. The van der Waals surface area contributed by atoms with Crippen molar-refractivity contribution in [1.29, 1.82) is 0 Å². The third-order valence-electron chi connectivity index (χ3n) is 6.30. The number of carbonyl (C=O) groups excluding carboxylic acids is 3. The van der Waals surface area contributed by atoms with Gasteiger partial charge in [0.25, 0.3) is 11.1 Å². The number of imide groups is 1. The van der Waals surface area contributed by atoms with Gasteiger partial charge in [0.05, 0.1) is 31.8 Å². The Bertz CT molecular complexity index is 1360. The summed E-state index contributed by atoms with van der Waals surface area (Å²) in [6.07, 6.45) is 3.67. The Morgan fingerprint density at radius 3 is 2.57 bits per heavy atom. The van der Waals surface area contributed by atoms with Gasteiger partial charge in [-0.25, -0.2) is 0 Å².